The molecule has 0 aliphatic rings. The van der Waals surface area contributed by atoms with Crippen molar-refractivity contribution in [3.63, 3.8) is 0 Å². The summed E-state index contributed by atoms with van der Waals surface area (Å²) in [6.45, 7) is 0.737. The molecule has 0 saturated carbocycles. The van der Waals surface area contributed by atoms with Crippen molar-refractivity contribution in [1.82, 2.24) is 5.32 Å². The Morgan fingerprint density at radius 2 is 1.86 bits per heavy atom. The van der Waals surface area contributed by atoms with Crippen LogP contribution in [0.2, 0.25) is 0 Å². The monoisotopic (exact) mass is 209 g/mol. The van der Waals surface area contributed by atoms with Crippen LogP contribution in [0.25, 0.3) is 0 Å². The standard InChI is InChI=1S/C7H6F3NO3/c1-3-6(5(13)14,7(8,9)10)11-4(2)12/h1H,2H3,(H,11,12)(H,13,14). The lowest BCUT2D eigenvalue weighted by Crippen LogP contribution is -2.62. The SMILES string of the molecule is C#CC(NC(C)=O)(C(=O)O)C(F)(F)F. The van der Waals surface area contributed by atoms with E-state index in [0.29, 0.717) is 0 Å². The van der Waals surface area contributed by atoms with Gasteiger partial charge in [-0.15, -0.1) is 6.42 Å². The van der Waals surface area contributed by atoms with Crippen LogP contribution in [0.1, 0.15) is 6.92 Å². The first-order chi connectivity index (χ1) is 6.17. The van der Waals surface area contributed by atoms with Crippen molar-refractivity contribution < 1.29 is 27.9 Å². The smallest absolute Gasteiger partial charge is 0.434 e. The number of nitrogens with one attached hydrogen (secondary N) is 1. The van der Waals surface area contributed by atoms with Crippen molar-refractivity contribution in [2.24, 2.45) is 0 Å². The number of hydrogen-bond acceptors (Lipinski definition) is 2. The first kappa shape index (κ1) is 12.3. The van der Waals surface area contributed by atoms with Gasteiger partial charge in [0.2, 0.25) is 5.91 Å². The van der Waals surface area contributed by atoms with E-state index in [9.17, 15) is 22.8 Å². The summed E-state index contributed by atoms with van der Waals surface area (Å²) in [4.78, 5) is 20.8. The van der Waals surface area contributed by atoms with E-state index in [1.165, 1.54) is 5.32 Å². The van der Waals surface area contributed by atoms with Crippen LogP contribution in [0.15, 0.2) is 0 Å². The summed E-state index contributed by atoms with van der Waals surface area (Å²) in [5.74, 6) is -2.49. The van der Waals surface area contributed by atoms with Crippen LogP contribution in [0.4, 0.5) is 13.2 Å². The zero-order chi connectivity index (χ0) is 11.6. The Labute approximate surface area is 77.1 Å². The molecule has 0 saturated heterocycles. The van der Waals surface area contributed by atoms with E-state index in [2.05, 4.69) is 6.42 Å². The molecule has 0 fully saturated rings. The van der Waals surface area contributed by atoms with E-state index in [-0.39, 0.29) is 0 Å². The Morgan fingerprint density at radius 1 is 1.43 bits per heavy atom. The largest absolute Gasteiger partial charge is 0.478 e. The van der Waals surface area contributed by atoms with Crippen LogP contribution in [-0.4, -0.2) is 28.7 Å². The number of hydrogen-bond donors (Lipinski definition) is 2. The Bertz CT molecular complexity index is 304. The highest BCUT2D eigenvalue weighted by atomic mass is 19.4. The van der Waals surface area contributed by atoms with Crippen molar-refractivity contribution in [2.45, 2.75) is 18.6 Å². The molecule has 2 N–H and O–H groups in total. The predicted molar refractivity (Wildman–Crippen MR) is 39.1 cm³/mol. The molecule has 14 heavy (non-hydrogen) atoms. The third kappa shape index (κ3) is 1.96. The first-order valence-electron chi connectivity index (χ1n) is 3.24. The molecule has 0 aromatic heterocycles. The van der Waals surface area contributed by atoms with Gasteiger partial charge in [0.25, 0.3) is 5.54 Å². The molecular weight excluding hydrogens is 203 g/mol. The minimum absolute atomic E-state index is 0.737. The summed E-state index contributed by atoms with van der Waals surface area (Å²) in [5, 5.41) is 9.51. The Hall–Kier alpha value is -1.71. The van der Waals surface area contributed by atoms with Gasteiger partial charge in [0.1, 0.15) is 0 Å². The average molecular weight is 209 g/mol. The van der Waals surface area contributed by atoms with Crippen LogP contribution in [0.5, 0.6) is 0 Å². The fourth-order valence-electron chi connectivity index (χ4n) is 0.689. The molecule has 78 valence electrons. The predicted octanol–water partition coefficient (Wildman–Crippen LogP) is 0.141. The Morgan fingerprint density at radius 3 is 1.93 bits per heavy atom. The number of carboxylic acids is 1. The molecule has 1 unspecified atom stereocenters. The van der Waals surface area contributed by atoms with E-state index in [1.807, 2.05) is 0 Å². The van der Waals surface area contributed by atoms with E-state index in [0.717, 1.165) is 12.8 Å². The number of amides is 1. The molecule has 0 aromatic carbocycles. The summed E-state index contributed by atoms with van der Waals surface area (Å²) in [7, 11) is 0. The molecule has 7 heteroatoms. The number of rotatable bonds is 2. The summed E-state index contributed by atoms with van der Waals surface area (Å²) in [6, 6.07) is 0. The summed E-state index contributed by atoms with van der Waals surface area (Å²) < 4.78 is 36.7. The molecule has 4 nitrogen and oxygen atoms in total. The van der Waals surface area contributed by atoms with E-state index >= 15 is 0 Å². The van der Waals surface area contributed by atoms with Crippen LogP contribution in [0.3, 0.4) is 0 Å². The highest BCUT2D eigenvalue weighted by Crippen LogP contribution is 2.30. The van der Waals surface area contributed by atoms with Gasteiger partial charge in [0, 0.05) is 6.92 Å². The van der Waals surface area contributed by atoms with Crippen molar-refractivity contribution in [1.29, 1.82) is 0 Å². The number of carboxylic acid groups (broad SMARTS) is 1. The highest BCUT2D eigenvalue weighted by Gasteiger charge is 2.61. The van der Waals surface area contributed by atoms with Crippen molar-refractivity contribution in [3.05, 3.63) is 0 Å². The van der Waals surface area contributed by atoms with Crippen LogP contribution < -0.4 is 5.32 Å². The quantitative estimate of drug-likeness (QED) is 0.636. The van der Waals surface area contributed by atoms with E-state index < -0.39 is 23.6 Å². The molecule has 0 spiro atoms. The number of alkyl halides is 3. The normalized spacial score (nSPS) is 15.1. The second-order valence-electron chi connectivity index (χ2n) is 2.38. The molecular formula is C7H6F3NO3. The number of terminal acetylenes is 1. The maximum absolute atomic E-state index is 12.2. The van der Waals surface area contributed by atoms with Gasteiger partial charge < -0.3 is 10.4 Å². The van der Waals surface area contributed by atoms with Crippen molar-refractivity contribution in [3.8, 4) is 12.3 Å². The lowest BCUT2D eigenvalue weighted by Gasteiger charge is -2.26. The number of aliphatic carboxylic acids is 1. The third-order valence-electron chi connectivity index (χ3n) is 1.33. The molecule has 0 bridgehead atoms. The lowest BCUT2D eigenvalue weighted by molar-refractivity contribution is -0.197. The van der Waals surface area contributed by atoms with Gasteiger partial charge in [-0.2, -0.15) is 13.2 Å². The second kappa shape index (κ2) is 3.57. The zero-order valence-corrected chi connectivity index (χ0v) is 6.97. The number of carbonyl (C=O) groups excluding carboxylic acids is 1. The minimum atomic E-state index is -5.25. The van der Waals surface area contributed by atoms with Crippen molar-refractivity contribution in [2.75, 3.05) is 0 Å². The Balaban J connectivity index is 5.35. The molecule has 0 aromatic rings. The minimum Gasteiger partial charge on any atom is -0.478 e. The van der Waals surface area contributed by atoms with E-state index in [4.69, 9.17) is 5.11 Å². The lowest BCUT2D eigenvalue weighted by atomic mass is 10.0. The van der Waals surface area contributed by atoms with Gasteiger partial charge in [-0.25, -0.2) is 4.79 Å². The Kier molecular flexibility index (Phi) is 3.14. The van der Waals surface area contributed by atoms with Gasteiger partial charge in [-0.05, 0) is 0 Å². The summed E-state index contributed by atoms with van der Waals surface area (Å²) in [5.41, 5.74) is -3.65. The average Bonchev–Trinajstić information content (AvgIpc) is 1.96. The molecule has 0 rings (SSSR count). The molecule has 0 heterocycles. The van der Waals surface area contributed by atoms with Gasteiger partial charge in [-0.3, -0.25) is 4.79 Å². The van der Waals surface area contributed by atoms with Crippen LogP contribution in [0, 0.1) is 12.3 Å². The maximum Gasteiger partial charge on any atom is 0.434 e. The maximum atomic E-state index is 12.2. The first-order valence-corrected chi connectivity index (χ1v) is 3.24. The molecule has 1 atom stereocenters. The van der Waals surface area contributed by atoms with Gasteiger partial charge >= 0.3 is 12.1 Å². The summed E-state index contributed by atoms with van der Waals surface area (Å²) >= 11 is 0. The third-order valence-corrected chi connectivity index (χ3v) is 1.33. The highest BCUT2D eigenvalue weighted by molar-refractivity contribution is 5.90. The number of halogens is 3. The van der Waals surface area contributed by atoms with Gasteiger partial charge in [0.05, 0.1) is 0 Å². The number of carbonyl (C=O) groups is 2. The van der Waals surface area contributed by atoms with Gasteiger partial charge in [-0.1, -0.05) is 5.92 Å². The van der Waals surface area contributed by atoms with Crippen LogP contribution in [-0.2, 0) is 9.59 Å². The molecule has 0 aliphatic heterocycles. The second-order valence-corrected chi connectivity index (χ2v) is 2.38. The van der Waals surface area contributed by atoms with Gasteiger partial charge in [0.15, 0.2) is 0 Å². The zero-order valence-electron chi connectivity index (χ0n) is 6.97. The molecule has 1 amide bonds. The van der Waals surface area contributed by atoms with Crippen molar-refractivity contribution >= 4 is 11.9 Å². The molecule has 0 aliphatic carbocycles. The molecule has 0 radical (unpaired) electrons. The summed E-state index contributed by atoms with van der Waals surface area (Å²) in [6.07, 6.45) is -0.773. The fourth-order valence-corrected chi connectivity index (χ4v) is 0.689. The van der Waals surface area contributed by atoms with E-state index in [1.54, 1.807) is 0 Å². The topological polar surface area (TPSA) is 66.4 Å². The van der Waals surface area contributed by atoms with Crippen LogP contribution >= 0.6 is 0 Å². The fraction of sp³-hybridized carbons (Fsp3) is 0.429.